The number of nitrogens with one attached hydrogen (secondary N) is 2. The van der Waals surface area contributed by atoms with Gasteiger partial charge in [0.2, 0.25) is 5.91 Å². The fraction of sp³-hybridized carbons (Fsp3) is 0.500. The highest BCUT2D eigenvalue weighted by Gasteiger charge is 2.22. The van der Waals surface area contributed by atoms with Crippen molar-refractivity contribution in [1.82, 2.24) is 10.3 Å². The number of nitrogens with zero attached hydrogens (tertiary/aromatic N) is 1. The number of piperidine rings is 1. The summed E-state index contributed by atoms with van der Waals surface area (Å²) in [6.07, 6.45) is 3.24. The second-order valence-corrected chi connectivity index (χ2v) is 4.92. The van der Waals surface area contributed by atoms with E-state index < -0.39 is 5.97 Å². The number of rotatable bonds is 5. The molecule has 0 aromatic carbocycles. The van der Waals surface area contributed by atoms with Crippen LogP contribution < -0.4 is 10.6 Å². The fourth-order valence-electron chi connectivity index (χ4n) is 2.26. The molecule has 1 saturated heterocycles. The summed E-state index contributed by atoms with van der Waals surface area (Å²) in [5.41, 5.74) is 0.924. The smallest absolute Gasteiger partial charge is 0.335 e. The lowest BCUT2D eigenvalue weighted by Gasteiger charge is -2.23. The molecule has 6 heteroatoms. The second kappa shape index (κ2) is 6.36. The molecule has 1 aromatic rings. The summed E-state index contributed by atoms with van der Waals surface area (Å²) in [5, 5.41) is 14.9. The molecule has 1 aromatic heterocycles. The molecule has 1 fully saturated rings. The fourth-order valence-corrected chi connectivity index (χ4v) is 2.26. The van der Waals surface area contributed by atoms with Gasteiger partial charge in [-0.1, -0.05) is 13.3 Å². The maximum atomic E-state index is 11.7. The molecule has 2 rings (SSSR count). The van der Waals surface area contributed by atoms with Crippen LogP contribution in [0.5, 0.6) is 0 Å². The van der Waals surface area contributed by atoms with Gasteiger partial charge in [-0.15, -0.1) is 0 Å². The van der Waals surface area contributed by atoms with Crippen molar-refractivity contribution in [3.05, 3.63) is 23.4 Å². The molecule has 0 bridgehead atoms. The van der Waals surface area contributed by atoms with E-state index in [2.05, 4.69) is 15.6 Å². The number of carbonyl (C=O) groups excluding carboxylic acids is 1. The van der Waals surface area contributed by atoms with Crippen LogP contribution in [0.15, 0.2) is 12.1 Å². The predicted molar refractivity (Wildman–Crippen MR) is 74.8 cm³/mol. The summed E-state index contributed by atoms with van der Waals surface area (Å²) in [6.45, 7) is 2.71. The van der Waals surface area contributed by atoms with Crippen molar-refractivity contribution < 1.29 is 14.7 Å². The minimum Gasteiger partial charge on any atom is -0.478 e. The minimum absolute atomic E-state index is 0.0594. The highest BCUT2D eigenvalue weighted by Crippen LogP contribution is 2.15. The van der Waals surface area contributed by atoms with E-state index in [1.54, 1.807) is 6.07 Å². The number of amides is 1. The Bertz CT molecular complexity index is 516. The van der Waals surface area contributed by atoms with Gasteiger partial charge in [-0.25, -0.2) is 9.78 Å². The molecule has 20 heavy (non-hydrogen) atoms. The number of pyridine rings is 1. The Morgan fingerprint density at radius 2 is 2.35 bits per heavy atom. The third-order valence-electron chi connectivity index (χ3n) is 3.24. The number of aromatic nitrogens is 1. The molecule has 1 aliphatic rings. The number of carboxylic acid groups (broad SMARTS) is 1. The van der Waals surface area contributed by atoms with Crippen LogP contribution in [0.4, 0.5) is 5.82 Å². The van der Waals surface area contributed by atoms with Gasteiger partial charge in [0.1, 0.15) is 11.9 Å². The normalized spacial score (nSPS) is 18.4. The number of carbonyl (C=O) groups is 2. The molecule has 108 valence electrons. The topological polar surface area (TPSA) is 91.3 Å². The molecule has 0 spiro atoms. The maximum Gasteiger partial charge on any atom is 0.335 e. The second-order valence-electron chi connectivity index (χ2n) is 4.92. The molecule has 0 saturated carbocycles. The van der Waals surface area contributed by atoms with E-state index in [0.717, 1.165) is 25.0 Å². The number of anilines is 1. The molecule has 3 N–H and O–H groups in total. The van der Waals surface area contributed by atoms with Crippen LogP contribution >= 0.6 is 0 Å². The third-order valence-corrected chi connectivity index (χ3v) is 3.24. The summed E-state index contributed by atoms with van der Waals surface area (Å²) >= 11 is 0. The Labute approximate surface area is 117 Å². The average molecular weight is 277 g/mol. The molecular formula is C14H19N3O3. The lowest BCUT2D eigenvalue weighted by atomic mass is 10.1. The van der Waals surface area contributed by atoms with Crippen molar-refractivity contribution >= 4 is 17.7 Å². The molecule has 1 unspecified atom stereocenters. The lowest BCUT2D eigenvalue weighted by Crippen LogP contribution is -2.44. The van der Waals surface area contributed by atoms with Crippen molar-refractivity contribution in [2.75, 3.05) is 11.9 Å². The van der Waals surface area contributed by atoms with Gasteiger partial charge in [0.15, 0.2) is 0 Å². The third kappa shape index (κ3) is 3.46. The number of aryl methyl sites for hydroxylation is 1. The van der Waals surface area contributed by atoms with E-state index in [1.165, 1.54) is 6.07 Å². The van der Waals surface area contributed by atoms with Gasteiger partial charge < -0.3 is 15.7 Å². The Morgan fingerprint density at radius 3 is 3.00 bits per heavy atom. The molecule has 6 nitrogen and oxygen atoms in total. The van der Waals surface area contributed by atoms with Crippen LogP contribution in [0.3, 0.4) is 0 Å². The van der Waals surface area contributed by atoms with E-state index in [0.29, 0.717) is 18.8 Å². The van der Waals surface area contributed by atoms with Crippen LogP contribution in [-0.2, 0) is 11.2 Å². The van der Waals surface area contributed by atoms with Crippen LogP contribution in [0, 0.1) is 0 Å². The van der Waals surface area contributed by atoms with Gasteiger partial charge in [-0.3, -0.25) is 4.79 Å². The summed E-state index contributed by atoms with van der Waals surface area (Å²) in [6, 6.07) is 2.72. The monoisotopic (exact) mass is 277 g/mol. The van der Waals surface area contributed by atoms with Gasteiger partial charge in [-0.2, -0.15) is 0 Å². The molecule has 2 heterocycles. The summed E-state index contributed by atoms with van der Waals surface area (Å²) in [5.74, 6) is -0.591. The van der Waals surface area contributed by atoms with Gasteiger partial charge in [0.25, 0.3) is 0 Å². The van der Waals surface area contributed by atoms with E-state index in [1.807, 2.05) is 6.92 Å². The standard InChI is InChI=1S/C14H19N3O3/c1-2-4-10-7-9(14(19)20)8-12(16-10)17-11-5-3-6-15-13(11)18/h7-8,11H,2-6H2,1H3,(H,15,18)(H,16,17)(H,19,20). The first-order valence-electron chi connectivity index (χ1n) is 6.88. The number of hydrogen-bond donors (Lipinski definition) is 3. The highest BCUT2D eigenvalue weighted by molar-refractivity contribution is 5.89. The molecule has 0 radical (unpaired) electrons. The zero-order valence-corrected chi connectivity index (χ0v) is 11.5. The first kappa shape index (κ1) is 14.3. The quantitative estimate of drug-likeness (QED) is 0.757. The molecule has 0 aliphatic carbocycles. The first-order chi connectivity index (χ1) is 9.60. The van der Waals surface area contributed by atoms with Crippen molar-refractivity contribution in [1.29, 1.82) is 0 Å². The van der Waals surface area contributed by atoms with Crippen LogP contribution in [0.2, 0.25) is 0 Å². The van der Waals surface area contributed by atoms with Crippen LogP contribution in [0.25, 0.3) is 0 Å². The maximum absolute atomic E-state index is 11.7. The van der Waals surface area contributed by atoms with Crippen LogP contribution in [0.1, 0.15) is 42.2 Å². The lowest BCUT2D eigenvalue weighted by molar-refractivity contribution is -0.123. The van der Waals surface area contributed by atoms with E-state index in [4.69, 9.17) is 5.11 Å². The Morgan fingerprint density at radius 1 is 1.55 bits per heavy atom. The zero-order chi connectivity index (χ0) is 14.5. The van der Waals surface area contributed by atoms with Gasteiger partial charge in [-0.05, 0) is 31.4 Å². The number of hydrogen-bond acceptors (Lipinski definition) is 4. The average Bonchev–Trinajstić information content (AvgIpc) is 2.41. The summed E-state index contributed by atoms with van der Waals surface area (Å²) < 4.78 is 0. The SMILES string of the molecule is CCCc1cc(C(=O)O)cc(NC2CCCNC2=O)n1. The Balaban J connectivity index is 2.20. The van der Waals surface area contributed by atoms with E-state index >= 15 is 0 Å². The predicted octanol–water partition coefficient (Wildman–Crippen LogP) is 1.42. The van der Waals surface area contributed by atoms with Crippen molar-refractivity contribution in [3.63, 3.8) is 0 Å². The zero-order valence-electron chi connectivity index (χ0n) is 11.5. The van der Waals surface area contributed by atoms with E-state index in [-0.39, 0.29) is 17.5 Å². The van der Waals surface area contributed by atoms with Gasteiger partial charge in [0, 0.05) is 12.2 Å². The van der Waals surface area contributed by atoms with Crippen LogP contribution in [-0.4, -0.2) is 34.6 Å². The Kier molecular flexibility index (Phi) is 4.55. The first-order valence-corrected chi connectivity index (χ1v) is 6.88. The van der Waals surface area contributed by atoms with Crippen molar-refractivity contribution in [2.45, 2.75) is 38.6 Å². The minimum atomic E-state index is -0.985. The molecule has 1 amide bonds. The number of carboxylic acids is 1. The summed E-state index contributed by atoms with van der Waals surface area (Å²) in [7, 11) is 0. The largest absolute Gasteiger partial charge is 0.478 e. The molecular weight excluding hydrogens is 258 g/mol. The Hall–Kier alpha value is -2.11. The van der Waals surface area contributed by atoms with Crippen molar-refractivity contribution in [2.24, 2.45) is 0 Å². The van der Waals surface area contributed by atoms with Gasteiger partial charge >= 0.3 is 5.97 Å². The highest BCUT2D eigenvalue weighted by atomic mass is 16.4. The molecule has 1 aliphatic heterocycles. The number of aromatic carboxylic acids is 1. The van der Waals surface area contributed by atoms with Gasteiger partial charge in [0.05, 0.1) is 5.56 Å². The van der Waals surface area contributed by atoms with E-state index in [9.17, 15) is 9.59 Å². The summed E-state index contributed by atoms with van der Waals surface area (Å²) in [4.78, 5) is 27.2. The molecule has 1 atom stereocenters. The van der Waals surface area contributed by atoms with Crippen molar-refractivity contribution in [3.8, 4) is 0 Å².